The summed E-state index contributed by atoms with van der Waals surface area (Å²) in [6.07, 6.45) is 7.16. The van der Waals surface area contributed by atoms with Crippen LogP contribution in [0.25, 0.3) is 15.9 Å². The molecule has 2 aliphatic rings. The minimum atomic E-state index is -0.286. The van der Waals surface area contributed by atoms with Crippen LogP contribution in [0.1, 0.15) is 43.6 Å². The van der Waals surface area contributed by atoms with E-state index in [0.29, 0.717) is 17.5 Å². The van der Waals surface area contributed by atoms with Crippen LogP contribution in [0.2, 0.25) is 0 Å². The van der Waals surface area contributed by atoms with Crippen molar-refractivity contribution in [3.05, 3.63) is 27.3 Å². The van der Waals surface area contributed by atoms with Gasteiger partial charge in [-0.25, -0.2) is 18.9 Å². The third-order valence-corrected chi connectivity index (χ3v) is 7.24. The van der Waals surface area contributed by atoms with Gasteiger partial charge in [0.15, 0.2) is 5.65 Å². The summed E-state index contributed by atoms with van der Waals surface area (Å²) in [7, 11) is 0. The number of hydrogen-bond donors (Lipinski definition) is 0. The number of hydrogen-bond acceptors (Lipinski definition) is 5. The molecule has 148 valence electrons. The van der Waals surface area contributed by atoms with Gasteiger partial charge in [0.05, 0.1) is 5.39 Å². The Morgan fingerprint density at radius 2 is 1.96 bits per heavy atom. The van der Waals surface area contributed by atoms with E-state index in [1.807, 2.05) is 4.90 Å². The number of piperidine rings is 1. The molecule has 0 spiro atoms. The molecule has 1 aliphatic carbocycles. The molecule has 3 aromatic heterocycles. The zero-order chi connectivity index (χ0) is 19.4. The average Bonchev–Trinajstić information content (AvgIpc) is 3.19. The van der Waals surface area contributed by atoms with E-state index in [4.69, 9.17) is 0 Å². The molecule has 0 radical (unpaired) electrons. The molecule has 28 heavy (non-hydrogen) atoms. The van der Waals surface area contributed by atoms with Crippen LogP contribution in [-0.2, 0) is 24.2 Å². The molecule has 1 amide bonds. The lowest BCUT2D eigenvalue weighted by Crippen LogP contribution is -2.45. The van der Waals surface area contributed by atoms with Crippen molar-refractivity contribution in [2.75, 3.05) is 13.1 Å². The lowest BCUT2D eigenvalue weighted by atomic mass is 9.92. The van der Waals surface area contributed by atoms with Crippen molar-refractivity contribution in [2.45, 2.75) is 52.5 Å². The second kappa shape index (κ2) is 6.69. The standard InChI is InChI=1S/C20H25N5O2S/c1-12-7-13(2)9-23(8-12)16(26)10-25-20(27)24-11-21-19-17(18(24)22-25)14-5-3-4-6-15(14)28-19/h11-13H,3-10H2,1-2H3/t12-,13-/m1/s1. The molecule has 0 unspecified atom stereocenters. The lowest BCUT2D eigenvalue weighted by Gasteiger charge is -2.34. The summed E-state index contributed by atoms with van der Waals surface area (Å²) in [5.41, 5.74) is 1.65. The molecule has 7 nitrogen and oxygen atoms in total. The molecule has 1 fully saturated rings. The van der Waals surface area contributed by atoms with Gasteiger partial charge >= 0.3 is 5.69 Å². The number of rotatable bonds is 2. The van der Waals surface area contributed by atoms with E-state index in [-0.39, 0.29) is 18.1 Å². The largest absolute Gasteiger partial charge is 0.352 e. The number of carbonyl (C=O) groups is 1. The number of nitrogens with zero attached hydrogens (tertiary/aromatic N) is 5. The van der Waals surface area contributed by atoms with Gasteiger partial charge in [0.25, 0.3) is 0 Å². The molecule has 4 heterocycles. The smallest absolute Gasteiger partial charge is 0.341 e. The van der Waals surface area contributed by atoms with Crippen LogP contribution in [0.5, 0.6) is 0 Å². The highest BCUT2D eigenvalue weighted by molar-refractivity contribution is 7.19. The minimum absolute atomic E-state index is 0.00618. The first kappa shape index (κ1) is 17.8. The van der Waals surface area contributed by atoms with Crippen LogP contribution >= 0.6 is 11.3 Å². The van der Waals surface area contributed by atoms with Crippen molar-refractivity contribution < 1.29 is 4.79 Å². The third-order valence-electron chi connectivity index (χ3n) is 6.04. The summed E-state index contributed by atoms with van der Waals surface area (Å²) in [5.74, 6) is 0.957. The highest BCUT2D eigenvalue weighted by atomic mass is 32.1. The average molecular weight is 400 g/mol. The summed E-state index contributed by atoms with van der Waals surface area (Å²) in [6, 6.07) is 0. The number of aryl methyl sites for hydroxylation is 2. The van der Waals surface area contributed by atoms with E-state index in [9.17, 15) is 9.59 Å². The number of carbonyl (C=O) groups excluding carboxylic acids is 1. The summed E-state index contributed by atoms with van der Waals surface area (Å²) in [6.45, 7) is 5.86. The summed E-state index contributed by atoms with van der Waals surface area (Å²) < 4.78 is 2.81. The fourth-order valence-corrected chi connectivity index (χ4v) is 6.10. The molecule has 0 N–H and O–H groups in total. The van der Waals surface area contributed by atoms with Gasteiger partial charge in [-0.15, -0.1) is 16.4 Å². The van der Waals surface area contributed by atoms with Crippen LogP contribution in [0.4, 0.5) is 0 Å². The van der Waals surface area contributed by atoms with Crippen molar-refractivity contribution in [1.82, 2.24) is 24.1 Å². The van der Waals surface area contributed by atoms with Gasteiger partial charge in [0.2, 0.25) is 5.91 Å². The maximum absolute atomic E-state index is 12.9. The second-order valence-corrected chi connectivity index (χ2v) is 9.60. The van der Waals surface area contributed by atoms with Crippen molar-refractivity contribution in [3.63, 3.8) is 0 Å². The second-order valence-electron chi connectivity index (χ2n) is 8.51. The van der Waals surface area contributed by atoms with Crippen LogP contribution in [0.3, 0.4) is 0 Å². The Balaban J connectivity index is 1.53. The SMILES string of the molecule is C[C@@H]1C[C@@H](C)CN(C(=O)Cn2nc3c4c5c(sc4ncn3c2=O)CCCC5)C1. The number of amides is 1. The van der Waals surface area contributed by atoms with Crippen molar-refractivity contribution >= 4 is 33.1 Å². The quantitative estimate of drug-likeness (QED) is 0.664. The fraction of sp³-hybridized carbons (Fsp3) is 0.600. The highest BCUT2D eigenvalue weighted by Crippen LogP contribution is 2.36. The number of aromatic nitrogens is 4. The normalized spacial score (nSPS) is 22.7. The Morgan fingerprint density at radius 1 is 1.21 bits per heavy atom. The zero-order valence-corrected chi connectivity index (χ0v) is 17.2. The maximum Gasteiger partial charge on any atom is 0.352 e. The van der Waals surface area contributed by atoms with E-state index in [1.165, 1.54) is 25.9 Å². The molecule has 1 saturated heterocycles. The van der Waals surface area contributed by atoms with Crippen LogP contribution in [-0.4, -0.2) is 43.1 Å². The van der Waals surface area contributed by atoms with E-state index < -0.39 is 0 Å². The molecular weight excluding hydrogens is 374 g/mol. The molecule has 5 rings (SSSR count). The first-order valence-electron chi connectivity index (χ1n) is 10.2. The van der Waals surface area contributed by atoms with Gasteiger partial charge in [-0.2, -0.15) is 0 Å². The van der Waals surface area contributed by atoms with E-state index in [1.54, 1.807) is 17.7 Å². The van der Waals surface area contributed by atoms with Crippen LogP contribution in [0, 0.1) is 11.8 Å². The molecule has 3 aromatic rings. The first-order chi connectivity index (χ1) is 13.5. The maximum atomic E-state index is 12.9. The molecular formula is C20H25N5O2S. The topological polar surface area (TPSA) is 72.5 Å². The molecule has 2 atom stereocenters. The summed E-state index contributed by atoms with van der Waals surface area (Å²) >= 11 is 1.72. The Bertz CT molecular complexity index is 1120. The molecule has 0 saturated carbocycles. The van der Waals surface area contributed by atoms with Gasteiger partial charge < -0.3 is 4.90 Å². The Morgan fingerprint density at radius 3 is 2.75 bits per heavy atom. The van der Waals surface area contributed by atoms with Gasteiger partial charge in [0, 0.05) is 18.0 Å². The Kier molecular flexibility index (Phi) is 4.26. The van der Waals surface area contributed by atoms with Crippen molar-refractivity contribution in [3.8, 4) is 0 Å². The zero-order valence-electron chi connectivity index (χ0n) is 16.3. The monoisotopic (exact) mass is 399 g/mol. The third kappa shape index (κ3) is 2.85. The van der Waals surface area contributed by atoms with Gasteiger partial charge in [-0.3, -0.25) is 4.79 Å². The van der Waals surface area contributed by atoms with Gasteiger partial charge in [-0.05, 0) is 49.5 Å². The predicted molar refractivity (Wildman–Crippen MR) is 109 cm³/mol. The molecule has 8 heteroatoms. The summed E-state index contributed by atoms with van der Waals surface area (Å²) in [5, 5.41) is 5.59. The van der Waals surface area contributed by atoms with E-state index >= 15 is 0 Å². The van der Waals surface area contributed by atoms with Gasteiger partial charge in [-0.1, -0.05) is 13.8 Å². The van der Waals surface area contributed by atoms with Gasteiger partial charge in [0.1, 0.15) is 17.7 Å². The molecule has 1 aliphatic heterocycles. The van der Waals surface area contributed by atoms with Crippen molar-refractivity contribution in [2.24, 2.45) is 11.8 Å². The first-order valence-corrected chi connectivity index (χ1v) is 11.0. The van der Waals surface area contributed by atoms with Crippen LogP contribution in [0.15, 0.2) is 11.1 Å². The fourth-order valence-electron chi connectivity index (χ4n) is 4.88. The molecule has 0 aromatic carbocycles. The lowest BCUT2D eigenvalue weighted by molar-refractivity contribution is -0.134. The number of fused-ring (bicyclic) bond motifs is 5. The van der Waals surface area contributed by atoms with Crippen LogP contribution < -0.4 is 5.69 Å². The minimum Gasteiger partial charge on any atom is -0.341 e. The van der Waals surface area contributed by atoms with Crippen molar-refractivity contribution in [1.29, 1.82) is 0 Å². The highest BCUT2D eigenvalue weighted by Gasteiger charge is 2.27. The van der Waals surface area contributed by atoms with E-state index in [2.05, 4.69) is 23.9 Å². The van der Waals surface area contributed by atoms with E-state index in [0.717, 1.165) is 49.0 Å². The number of likely N-dealkylation sites (tertiary alicyclic amines) is 1. The summed E-state index contributed by atoms with van der Waals surface area (Å²) in [4.78, 5) is 34.4. The number of thiophene rings is 1. The Hall–Kier alpha value is -2.22. The predicted octanol–water partition coefficient (Wildman–Crippen LogP) is 2.49. The Labute approximate surface area is 167 Å². The molecule has 0 bridgehead atoms.